The van der Waals surface area contributed by atoms with Gasteiger partial charge in [-0.2, -0.15) is 0 Å². The van der Waals surface area contributed by atoms with Crippen molar-refractivity contribution in [2.75, 3.05) is 32.8 Å². The maximum Gasteiger partial charge on any atom is 0.120 e. The van der Waals surface area contributed by atoms with E-state index in [9.17, 15) is 0 Å². The summed E-state index contributed by atoms with van der Waals surface area (Å²) >= 11 is 0. The fourth-order valence-corrected chi connectivity index (χ4v) is 3.66. The van der Waals surface area contributed by atoms with E-state index in [1.807, 2.05) is 12.4 Å². The second-order valence-electron chi connectivity index (χ2n) is 6.02. The quantitative estimate of drug-likeness (QED) is 0.858. The molecule has 2 N–H and O–H groups in total. The second kappa shape index (κ2) is 6.70. The van der Waals surface area contributed by atoms with Gasteiger partial charge in [0.25, 0.3) is 0 Å². The molecule has 2 fully saturated rings. The third-order valence-corrected chi connectivity index (χ3v) is 4.77. The summed E-state index contributed by atoms with van der Waals surface area (Å²) in [7, 11) is 0. The lowest BCUT2D eigenvalue weighted by molar-refractivity contribution is -0.0369. The van der Waals surface area contributed by atoms with Crippen molar-refractivity contribution in [3.05, 3.63) is 18.2 Å². The Morgan fingerprint density at radius 3 is 2.75 bits per heavy atom. The Labute approximate surface area is 121 Å². The first kappa shape index (κ1) is 14.0. The van der Waals surface area contributed by atoms with E-state index in [0.29, 0.717) is 5.54 Å². The molecule has 112 valence electrons. The number of imidazole rings is 1. The Morgan fingerprint density at radius 2 is 2.05 bits per heavy atom. The molecule has 5 heteroatoms. The van der Waals surface area contributed by atoms with E-state index in [1.54, 1.807) is 0 Å². The molecular weight excluding hydrogens is 252 g/mol. The topological polar surface area (TPSA) is 53.2 Å². The van der Waals surface area contributed by atoms with Crippen LogP contribution in [0.15, 0.2) is 12.4 Å². The van der Waals surface area contributed by atoms with Crippen molar-refractivity contribution in [3.8, 4) is 0 Å². The molecule has 1 aromatic heterocycles. The number of nitrogens with one attached hydrogen (secondary N) is 2. The molecule has 1 saturated heterocycles. The highest BCUT2D eigenvalue weighted by Gasteiger charge is 2.38. The van der Waals surface area contributed by atoms with Gasteiger partial charge in [-0.05, 0) is 12.8 Å². The molecule has 0 bridgehead atoms. The van der Waals surface area contributed by atoms with Gasteiger partial charge in [0.05, 0.1) is 19.8 Å². The average molecular weight is 278 g/mol. The minimum Gasteiger partial charge on any atom is -0.379 e. The van der Waals surface area contributed by atoms with Crippen LogP contribution in [0.2, 0.25) is 0 Å². The highest BCUT2D eigenvalue weighted by Crippen LogP contribution is 2.33. The number of hydrogen-bond acceptors (Lipinski definition) is 4. The summed E-state index contributed by atoms with van der Waals surface area (Å²) in [5.41, 5.74) is 0.342. The highest BCUT2D eigenvalue weighted by atomic mass is 16.5. The third-order valence-electron chi connectivity index (χ3n) is 4.77. The molecule has 1 aliphatic carbocycles. The predicted octanol–water partition coefficient (Wildman–Crippen LogP) is 1.53. The monoisotopic (exact) mass is 278 g/mol. The molecule has 1 aliphatic heterocycles. The molecule has 1 aromatic rings. The van der Waals surface area contributed by atoms with E-state index in [0.717, 1.165) is 45.2 Å². The zero-order valence-corrected chi connectivity index (χ0v) is 12.2. The summed E-state index contributed by atoms with van der Waals surface area (Å²) in [5, 5.41) is 3.62. The molecule has 20 heavy (non-hydrogen) atoms. The van der Waals surface area contributed by atoms with Crippen LogP contribution in [0, 0.1) is 0 Å². The number of hydrogen-bond donors (Lipinski definition) is 2. The number of rotatable bonds is 5. The Morgan fingerprint density at radius 1 is 1.25 bits per heavy atom. The van der Waals surface area contributed by atoms with Gasteiger partial charge < -0.3 is 15.0 Å². The van der Waals surface area contributed by atoms with Gasteiger partial charge in [0, 0.05) is 37.6 Å². The van der Waals surface area contributed by atoms with Gasteiger partial charge in [0.1, 0.15) is 5.82 Å². The van der Waals surface area contributed by atoms with E-state index in [-0.39, 0.29) is 0 Å². The molecule has 2 aliphatic rings. The number of aromatic nitrogens is 2. The summed E-state index contributed by atoms with van der Waals surface area (Å²) < 4.78 is 5.52. The Hall–Kier alpha value is -0.910. The van der Waals surface area contributed by atoms with Crippen LogP contribution in [-0.2, 0) is 11.3 Å². The summed E-state index contributed by atoms with van der Waals surface area (Å²) in [4.78, 5) is 10.1. The molecule has 0 atom stereocenters. The Bertz CT molecular complexity index is 381. The van der Waals surface area contributed by atoms with Crippen molar-refractivity contribution in [3.63, 3.8) is 0 Å². The van der Waals surface area contributed by atoms with Gasteiger partial charge in [0.15, 0.2) is 0 Å². The van der Waals surface area contributed by atoms with Crippen LogP contribution < -0.4 is 5.32 Å². The summed E-state index contributed by atoms with van der Waals surface area (Å²) in [6, 6.07) is 0. The van der Waals surface area contributed by atoms with Crippen molar-refractivity contribution in [1.29, 1.82) is 0 Å². The van der Waals surface area contributed by atoms with Gasteiger partial charge in [-0.25, -0.2) is 4.98 Å². The third kappa shape index (κ3) is 3.22. The SMILES string of the molecule is c1c[nH]c(CNCC2(N3CCOCC3)CCCCC2)n1. The predicted molar refractivity (Wildman–Crippen MR) is 78.5 cm³/mol. The van der Waals surface area contributed by atoms with Crippen LogP contribution in [-0.4, -0.2) is 53.3 Å². The van der Waals surface area contributed by atoms with Crippen molar-refractivity contribution < 1.29 is 4.74 Å². The Kier molecular flexibility index (Phi) is 4.70. The van der Waals surface area contributed by atoms with Crippen LogP contribution in [0.3, 0.4) is 0 Å². The molecule has 0 aromatic carbocycles. The van der Waals surface area contributed by atoms with Gasteiger partial charge in [-0.15, -0.1) is 0 Å². The highest BCUT2D eigenvalue weighted by molar-refractivity contribution is 4.96. The standard InChI is InChI=1S/C15H26N4O/c1-2-4-15(5-3-1,19-8-10-20-11-9-19)13-16-12-14-17-6-7-18-14/h6-7,16H,1-5,8-13H2,(H,17,18). The minimum atomic E-state index is 0.342. The van der Waals surface area contributed by atoms with Crippen LogP contribution in [0.5, 0.6) is 0 Å². The molecular formula is C15H26N4O. The maximum absolute atomic E-state index is 5.52. The van der Waals surface area contributed by atoms with Crippen molar-refractivity contribution >= 4 is 0 Å². The molecule has 2 heterocycles. The molecule has 3 rings (SSSR count). The second-order valence-corrected chi connectivity index (χ2v) is 6.02. The van der Waals surface area contributed by atoms with E-state index in [4.69, 9.17) is 4.74 Å². The normalized spacial score (nSPS) is 23.8. The van der Waals surface area contributed by atoms with Gasteiger partial charge >= 0.3 is 0 Å². The van der Waals surface area contributed by atoms with E-state index >= 15 is 0 Å². The lowest BCUT2D eigenvalue weighted by Gasteiger charge is -2.48. The van der Waals surface area contributed by atoms with Crippen molar-refractivity contribution in [1.82, 2.24) is 20.2 Å². The lowest BCUT2D eigenvalue weighted by atomic mass is 9.79. The van der Waals surface area contributed by atoms with Crippen LogP contribution in [0.4, 0.5) is 0 Å². The van der Waals surface area contributed by atoms with E-state index in [2.05, 4.69) is 20.2 Å². The van der Waals surface area contributed by atoms with Gasteiger partial charge in [-0.3, -0.25) is 4.90 Å². The first-order chi connectivity index (χ1) is 9.89. The molecule has 1 saturated carbocycles. The number of aromatic amines is 1. The fraction of sp³-hybridized carbons (Fsp3) is 0.800. The summed E-state index contributed by atoms with van der Waals surface area (Å²) in [6.07, 6.45) is 10.4. The number of morpholine rings is 1. The van der Waals surface area contributed by atoms with Crippen molar-refractivity contribution in [2.24, 2.45) is 0 Å². The van der Waals surface area contributed by atoms with E-state index in [1.165, 1.54) is 32.1 Å². The van der Waals surface area contributed by atoms with Crippen molar-refractivity contribution in [2.45, 2.75) is 44.2 Å². The first-order valence-electron chi connectivity index (χ1n) is 7.91. The lowest BCUT2D eigenvalue weighted by Crippen LogP contribution is -2.59. The fourth-order valence-electron chi connectivity index (χ4n) is 3.66. The summed E-state index contributed by atoms with van der Waals surface area (Å²) in [6.45, 7) is 5.84. The van der Waals surface area contributed by atoms with Gasteiger partial charge in [0.2, 0.25) is 0 Å². The largest absolute Gasteiger partial charge is 0.379 e. The minimum absolute atomic E-state index is 0.342. The number of H-pyrrole nitrogens is 1. The van der Waals surface area contributed by atoms with Crippen LogP contribution in [0.1, 0.15) is 37.9 Å². The molecule has 0 radical (unpaired) electrons. The number of ether oxygens (including phenoxy) is 1. The molecule has 5 nitrogen and oxygen atoms in total. The molecule has 0 amide bonds. The summed E-state index contributed by atoms with van der Waals surface area (Å²) in [5.74, 6) is 1.03. The van der Waals surface area contributed by atoms with Crippen LogP contribution >= 0.6 is 0 Å². The molecule has 0 unspecified atom stereocenters. The zero-order chi connectivity index (χ0) is 13.7. The van der Waals surface area contributed by atoms with Gasteiger partial charge in [-0.1, -0.05) is 19.3 Å². The molecule has 0 spiro atoms. The van der Waals surface area contributed by atoms with E-state index < -0.39 is 0 Å². The smallest absolute Gasteiger partial charge is 0.120 e. The zero-order valence-electron chi connectivity index (χ0n) is 12.2. The maximum atomic E-state index is 5.52. The Balaban J connectivity index is 1.59. The average Bonchev–Trinajstić information content (AvgIpc) is 3.02. The first-order valence-corrected chi connectivity index (χ1v) is 7.91. The van der Waals surface area contributed by atoms with Crippen LogP contribution in [0.25, 0.3) is 0 Å². The number of nitrogens with zero attached hydrogens (tertiary/aromatic N) is 2.